The molecule has 0 unspecified atom stereocenters. The van der Waals surface area contributed by atoms with Crippen molar-refractivity contribution in [1.29, 1.82) is 0 Å². The van der Waals surface area contributed by atoms with E-state index in [1.807, 2.05) is 24.5 Å². The Morgan fingerprint density at radius 2 is 1.94 bits per heavy atom. The van der Waals surface area contributed by atoms with Gasteiger partial charge in [-0.25, -0.2) is 0 Å². The van der Waals surface area contributed by atoms with Crippen molar-refractivity contribution in [3.05, 3.63) is 36.1 Å². The van der Waals surface area contributed by atoms with Crippen molar-refractivity contribution in [2.75, 3.05) is 0 Å². The molecule has 1 heterocycles. The van der Waals surface area contributed by atoms with Gasteiger partial charge in [0, 0.05) is 23.5 Å². The molecule has 0 atom stereocenters. The number of hydrogen-bond acceptors (Lipinski definition) is 3. The first-order valence-corrected chi connectivity index (χ1v) is 6.69. The second-order valence-corrected chi connectivity index (χ2v) is 5.14. The molecule has 1 aliphatic rings. The van der Waals surface area contributed by atoms with Crippen LogP contribution in [0.1, 0.15) is 31.2 Å². The summed E-state index contributed by atoms with van der Waals surface area (Å²) in [5.41, 5.74) is 2.17. The van der Waals surface area contributed by atoms with Crippen LogP contribution < -0.4 is 5.32 Å². The van der Waals surface area contributed by atoms with Crippen LogP contribution in [-0.2, 0) is 6.54 Å². The Hall–Kier alpha value is -1.32. The van der Waals surface area contributed by atoms with E-state index in [1.54, 1.807) is 0 Å². The Kier molecular flexibility index (Phi) is 3.35. The Bertz CT molecular complexity index is 512. The predicted molar refractivity (Wildman–Crippen MR) is 71.3 cm³/mol. The molecule has 0 saturated heterocycles. The third kappa shape index (κ3) is 2.42. The van der Waals surface area contributed by atoms with Crippen LogP contribution in [-0.4, -0.2) is 17.3 Å². The highest BCUT2D eigenvalue weighted by atomic mass is 16.3. The number of nitrogens with one attached hydrogen (secondary N) is 1. The minimum absolute atomic E-state index is 0.0854. The van der Waals surface area contributed by atoms with E-state index >= 15 is 0 Å². The molecule has 1 aromatic carbocycles. The zero-order valence-electron chi connectivity index (χ0n) is 10.4. The second-order valence-electron chi connectivity index (χ2n) is 5.14. The highest BCUT2D eigenvalue weighted by Crippen LogP contribution is 2.22. The summed E-state index contributed by atoms with van der Waals surface area (Å²) >= 11 is 0. The van der Waals surface area contributed by atoms with E-state index in [0.29, 0.717) is 6.04 Å². The van der Waals surface area contributed by atoms with Gasteiger partial charge in [0.15, 0.2) is 0 Å². The fourth-order valence-electron chi connectivity index (χ4n) is 2.70. The van der Waals surface area contributed by atoms with Gasteiger partial charge in [0.25, 0.3) is 0 Å². The smallest absolute Gasteiger partial charge is 0.134 e. The van der Waals surface area contributed by atoms with Gasteiger partial charge in [0.2, 0.25) is 0 Å². The maximum absolute atomic E-state index is 9.48. The summed E-state index contributed by atoms with van der Waals surface area (Å²) in [7, 11) is 0. The Morgan fingerprint density at radius 3 is 2.78 bits per heavy atom. The van der Waals surface area contributed by atoms with Gasteiger partial charge >= 0.3 is 0 Å². The quantitative estimate of drug-likeness (QED) is 0.874. The number of rotatable bonds is 3. The van der Waals surface area contributed by atoms with Crippen LogP contribution in [0.5, 0.6) is 0 Å². The lowest BCUT2D eigenvalue weighted by Gasteiger charge is -2.26. The summed E-state index contributed by atoms with van der Waals surface area (Å²) < 4.78 is 5.53. The zero-order valence-corrected chi connectivity index (χ0v) is 10.4. The molecule has 1 aromatic heterocycles. The molecule has 18 heavy (non-hydrogen) atoms. The lowest BCUT2D eigenvalue weighted by Crippen LogP contribution is -2.34. The van der Waals surface area contributed by atoms with Crippen LogP contribution >= 0.6 is 0 Å². The van der Waals surface area contributed by atoms with Crippen LogP contribution in [0, 0.1) is 0 Å². The maximum atomic E-state index is 9.48. The van der Waals surface area contributed by atoms with E-state index in [9.17, 15) is 5.11 Å². The number of para-hydroxylation sites is 1. The van der Waals surface area contributed by atoms with E-state index in [2.05, 4.69) is 11.4 Å². The van der Waals surface area contributed by atoms with Crippen LogP contribution in [0.25, 0.3) is 11.0 Å². The number of hydrogen-bond donors (Lipinski definition) is 2. The number of furan rings is 1. The van der Waals surface area contributed by atoms with Crippen molar-refractivity contribution in [3.8, 4) is 0 Å². The monoisotopic (exact) mass is 245 g/mol. The summed E-state index contributed by atoms with van der Waals surface area (Å²) in [4.78, 5) is 0. The average Bonchev–Trinajstić information content (AvgIpc) is 2.82. The number of aliphatic hydroxyl groups excluding tert-OH is 1. The van der Waals surface area contributed by atoms with Crippen molar-refractivity contribution >= 4 is 11.0 Å². The molecule has 2 aromatic rings. The van der Waals surface area contributed by atoms with E-state index in [-0.39, 0.29) is 6.10 Å². The molecule has 0 radical (unpaired) electrons. The standard InChI is InChI=1S/C15H19NO2/c17-13-7-5-12(6-8-13)16-9-11-10-18-15-4-2-1-3-14(11)15/h1-4,10,12-13,16-17H,5-9H2. The minimum Gasteiger partial charge on any atom is -0.464 e. The maximum Gasteiger partial charge on any atom is 0.134 e. The van der Waals surface area contributed by atoms with E-state index in [1.165, 1.54) is 10.9 Å². The molecule has 2 N–H and O–H groups in total. The first-order valence-electron chi connectivity index (χ1n) is 6.69. The molecule has 0 spiro atoms. The first kappa shape index (κ1) is 11.8. The molecule has 1 aliphatic carbocycles. The fourth-order valence-corrected chi connectivity index (χ4v) is 2.70. The molecule has 0 bridgehead atoms. The summed E-state index contributed by atoms with van der Waals surface area (Å²) in [6.45, 7) is 0.845. The van der Waals surface area contributed by atoms with Crippen molar-refractivity contribution in [1.82, 2.24) is 5.32 Å². The molecule has 3 nitrogen and oxygen atoms in total. The van der Waals surface area contributed by atoms with Gasteiger partial charge in [-0.1, -0.05) is 18.2 Å². The van der Waals surface area contributed by atoms with Crippen LogP contribution in [0.3, 0.4) is 0 Å². The third-order valence-corrected chi connectivity index (χ3v) is 3.84. The molecular weight excluding hydrogens is 226 g/mol. The number of aliphatic hydroxyl groups is 1. The third-order valence-electron chi connectivity index (χ3n) is 3.84. The fraction of sp³-hybridized carbons (Fsp3) is 0.467. The van der Waals surface area contributed by atoms with Gasteiger partial charge in [0.05, 0.1) is 12.4 Å². The van der Waals surface area contributed by atoms with Crippen molar-refractivity contribution in [3.63, 3.8) is 0 Å². The van der Waals surface area contributed by atoms with E-state index in [4.69, 9.17) is 4.42 Å². The molecule has 0 aliphatic heterocycles. The summed E-state index contributed by atoms with van der Waals surface area (Å²) in [6, 6.07) is 8.65. The van der Waals surface area contributed by atoms with Crippen LogP contribution in [0.4, 0.5) is 0 Å². The highest BCUT2D eigenvalue weighted by molar-refractivity contribution is 5.80. The molecule has 3 heteroatoms. The molecule has 1 fully saturated rings. The van der Waals surface area contributed by atoms with Gasteiger partial charge in [0.1, 0.15) is 5.58 Å². The van der Waals surface area contributed by atoms with Crippen LogP contribution in [0.2, 0.25) is 0 Å². The summed E-state index contributed by atoms with van der Waals surface area (Å²) in [5, 5.41) is 14.2. The molecule has 1 saturated carbocycles. The second kappa shape index (κ2) is 5.12. The first-order chi connectivity index (χ1) is 8.83. The number of benzene rings is 1. The van der Waals surface area contributed by atoms with Gasteiger partial charge in [-0.2, -0.15) is 0 Å². The van der Waals surface area contributed by atoms with E-state index < -0.39 is 0 Å². The predicted octanol–water partition coefficient (Wildman–Crippen LogP) is 2.83. The van der Waals surface area contributed by atoms with Crippen molar-refractivity contribution in [2.45, 2.75) is 44.4 Å². The summed E-state index contributed by atoms with van der Waals surface area (Å²) in [6.07, 6.45) is 5.73. The molecule has 96 valence electrons. The lowest BCUT2D eigenvalue weighted by atomic mass is 9.93. The van der Waals surface area contributed by atoms with Crippen molar-refractivity contribution in [2.24, 2.45) is 0 Å². The SMILES string of the molecule is OC1CCC(NCc2coc3ccccc23)CC1. The van der Waals surface area contributed by atoms with Gasteiger partial charge in [-0.3, -0.25) is 0 Å². The topological polar surface area (TPSA) is 45.4 Å². The van der Waals surface area contributed by atoms with Crippen LogP contribution in [0.15, 0.2) is 34.9 Å². The highest BCUT2D eigenvalue weighted by Gasteiger charge is 2.19. The molecular formula is C15H19NO2. The van der Waals surface area contributed by atoms with Gasteiger partial charge in [-0.15, -0.1) is 0 Å². The van der Waals surface area contributed by atoms with E-state index in [0.717, 1.165) is 37.8 Å². The van der Waals surface area contributed by atoms with Gasteiger partial charge < -0.3 is 14.8 Å². The summed E-state index contributed by atoms with van der Waals surface area (Å²) in [5.74, 6) is 0. The zero-order chi connectivity index (χ0) is 12.4. The largest absolute Gasteiger partial charge is 0.464 e. The minimum atomic E-state index is -0.0854. The molecule has 0 amide bonds. The van der Waals surface area contributed by atoms with Gasteiger partial charge in [-0.05, 0) is 31.7 Å². The normalized spacial score (nSPS) is 24.5. The molecule has 3 rings (SSSR count). The Labute approximate surface area is 107 Å². The average molecular weight is 245 g/mol. The Balaban J connectivity index is 1.63. The Morgan fingerprint density at radius 1 is 1.17 bits per heavy atom. The number of fused-ring (bicyclic) bond motifs is 1. The lowest BCUT2D eigenvalue weighted by molar-refractivity contribution is 0.116. The van der Waals surface area contributed by atoms with Crippen molar-refractivity contribution < 1.29 is 9.52 Å².